The summed E-state index contributed by atoms with van der Waals surface area (Å²) < 4.78 is 5.23. The summed E-state index contributed by atoms with van der Waals surface area (Å²) in [6, 6.07) is 10.3. The van der Waals surface area contributed by atoms with E-state index in [-0.39, 0.29) is 0 Å². The Labute approximate surface area is 107 Å². The highest BCUT2D eigenvalue weighted by atomic mass is 16.5. The van der Waals surface area contributed by atoms with Crippen molar-refractivity contribution < 1.29 is 4.74 Å². The van der Waals surface area contributed by atoms with Crippen molar-refractivity contribution in [1.82, 2.24) is 4.98 Å². The minimum absolute atomic E-state index is 0.432. The number of hydrogen-bond acceptors (Lipinski definition) is 3. The van der Waals surface area contributed by atoms with Crippen molar-refractivity contribution in [3.05, 3.63) is 59.4 Å². The maximum Gasteiger partial charge on any atom is 0.137 e. The first-order valence-corrected chi connectivity index (χ1v) is 6.11. The molecule has 1 heterocycles. The van der Waals surface area contributed by atoms with Gasteiger partial charge in [-0.15, -0.1) is 0 Å². The molecule has 3 rings (SSSR count). The first-order valence-electron chi connectivity index (χ1n) is 6.11. The predicted octanol–water partition coefficient (Wildman–Crippen LogP) is 2.24. The maximum atomic E-state index is 6.62. The highest BCUT2D eigenvalue weighted by Gasteiger charge is 2.36. The summed E-state index contributed by atoms with van der Waals surface area (Å²) in [5.74, 6) is 0.752. The molecule has 0 fully saturated rings. The number of nitrogens with zero attached hydrogens (tertiary/aromatic N) is 1. The van der Waals surface area contributed by atoms with Crippen molar-refractivity contribution in [2.45, 2.75) is 18.4 Å². The molecule has 92 valence electrons. The van der Waals surface area contributed by atoms with Crippen LogP contribution in [-0.2, 0) is 12.0 Å². The number of fused-ring (bicyclic) bond motifs is 1. The van der Waals surface area contributed by atoms with Crippen molar-refractivity contribution in [1.29, 1.82) is 0 Å². The van der Waals surface area contributed by atoms with E-state index in [1.165, 1.54) is 11.1 Å². The topological polar surface area (TPSA) is 48.1 Å². The number of hydrogen-bond donors (Lipinski definition) is 1. The number of nitrogens with two attached hydrogens (primary N) is 1. The Balaban J connectivity index is 2.11. The molecule has 18 heavy (non-hydrogen) atoms. The highest BCUT2D eigenvalue weighted by molar-refractivity contribution is 5.47. The van der Waals surface area contributed by atoms with E-state index < -0.39 is 5.54 Å². The van der Waals surface area contributed by atoms with Gasteiger partial charge in [0.2, 0.25) is 0 Å². The van der Waals surface area contributed by atoms with Crippen molar-refractivity contribution >= 4 is 0 Å². The second-order valence-corrected chi connectivity index (χ2v) is 4.74. The van der Waals surface area contributed by atoms with Gasteiger partial charge in [-0.05, 0) is 35.6 Å². The quantitative estimate of drug-likeness (QED) is 0.875. The number of benzene rings is 1. The SMILES string of the molecule is COc1cncc(C2(N)CCc3ccccc32)c1. The molecule has 0 amide bonds. The Bertz CT molecular complexity index is 582. The molecule has 0 bridgehead atoms. The van der Waals surface area contributed by atoms with E-state index in [2.05, 4.69) is 23.2 Å². The van der Waals surface area contributed by atoms with Crippen LogP contribution in [0.15, 0.2) is 42.7 Å². The molecule has 3 nitrogen and oxygen atoms in total. The van der Waals surface area contributed by atoms with Gasteiger partial charge in [0.25, 0.3) is 0 Å². The lowest BCUT2D eigenvalue weighted by atomic mass is 9.86. The van der Waals surface area contributed by atoms with Crippen molar-refractivity contribution in [2.75, 3.05) is 7.11 Å². The van der Waals surface area contributed by atoms with Crippen LogP contribution in [0.4, 0.5) is 0 Å². The molecule has 1 aromatic carbocycles. The first-order chi connectivity index (χ1) is 8.74. The summed E-state index contributed by atoms with van der Waals surface area (Å²) in [4.78, 5) is 4.21. The fraction of sp³-hybridized carbons (Fsp3) is 0.267. The minimum Gasteiger partial charge on any atom is -0.495 e. The Morgan fingerprint density at radius 3 is 2.94 bits per heavy atom. The third kappa shape index (κ3) is 1.59. The molecule has 0 spiro atoms. The van der Waals surface area contributed by atoms with Crippen LogP contribution in [0, 0.1) is 0 Å². The lowest BCUT2D eigenvalue weighted by Crippen LogP contribution is -2.35. The van der Waals surface area contributed by atoms with Crippen LogP contribution in [0.25, 0.3) is 0 Å². The van der Waals surface area contributed by atoms with Crippen LogP contribution in [0.3, 0.4) is 0 Å². The van der Waals surface area contributed by atoms with Gasteiger partial charge in [-0.2, -0.15) is 0 Å². The maximum absolute atomic E-state index is 6.62. The molecule has 0 radical (unpaired) electrons. The summed E-state index contributed by atoms with van der Waals surface area (Å²) >= 11 is 0. The molecule has 1 atom stereocenters. The fourth-order valence-electron chi connectivity index (χ4n) is 2.71. The van der Waals surface area contributed by atoms with Gasteiger partial charge in [-0.25, -0.2) is 0 Å². The number of aryl methyl sites for hydroxylation is 1. The molecule has 2 N–H and O–H groups in total. The number of rotatable bonds is 2. The zero-order valence-electron chi connectivity index (χ0n) is 10.4. The molecular weight excluding hydrogens is 224 g/mol. The normalized spacial score (nSPS) is 21.7. The monoisotopic (exact) mass is 240 g/mol. The second-order valence-electron chi connectivity index (χ2n) is 4.74. The van der Waals surface area contributed by atoms with Gasteiger partial charge < -0.3 is 10.5 Å². The van der Waals surface area contributed by atoms with Crippen LogP contribution in [-0.4, -0.2) is 12.1 Å². The van der Waals surface area contributed by atoms with Crippen LogP contribution in [0.2, 0.25) is 0 Å². The van der Waals surface area contributed by atoms with Gasteiger partial charge in [0.15, 0.2) is 0 Å². The zero-order valence-corrected chi connectivity index (χ0v) is 10.4. The minimum atomic E-state index is -0.432. The Hall–Kier alpha value is -1.87. The Morgan fingerprint density at radius 2 is 2.11 bits per heavy atom. The van der Waals surface area contributed by atoms with Crippen molar-refractivity contribution in [3.63, 3.8) is 0 Å². The first kappa shape index (κ1) is 11.2. The smallest absolute Gasteiger partial charge is 0.137 e. The number of ether oxygens (including phenoxy) is 1. The summed E-state index contributed by atoms with van der Waals surface area (Å²) in [6.07, 6.45) is 5.48. The summed E-state index contributed by atoms with van der Waals surface area (Å²) in [6.45, 7) is 0. The van der Waals surface area contributed by atoms with E-state index in [9.17, 15) is 0 Å². The molecule has 1 aliphatic rings. The average Bonchev–Trinajstić information content (AvgIpc) is 2.79. The lowest BCUT2D eigenvalue weighted by molar-refractivity contribution is 0.409. The van der Waals surface area contributed by atoms with E-state index in [1.807, 2.05) is 18.3 Å². The van der Waals surface area contributed by atoms with Gasteiger partial charge >= 0.3 is 0 Å². The summed E-state index contributed by atoms with van der Waals surface area (Å²) in [5, 5.41) is 0. The average molecular weight is 240 g/mol. The van der Waals surface area contributed by atoms with E-state index in [0.29, 0.717) is 0 Å². The molecule has 1 unspecified atom stereocenters. The van der Waals surface area contributed by atoms with Gasteiger partial charge in [-0.1, -0.05) is 24.3 Å². The zero-order chi connectivity index (χ0) is 12.6. The molecule has 0 saturated carbocycles. The highest BCUT2D eigenvalue weighted by Crippen LogP contribution is 2.40. The summed E-state index contributed by atoms with van der Waals surface area (Å²) in [7, 11) is 1.65. The molecule has 0 saturated heterocycles. The van der Waals surface area contributed by atoms with Gasteiger partial charge in [0.05, 0.1) is 18.8 Å². The Kier molecular flexibility index (Phi) is 2.56. The number of methoxy groups -OCH3 is 1. The molecule has 1 aliphatic carbocycles. The fourth-order valence-corrected chi connectivity index (χ4v) is 2.71. The Morgan fingerprint density at radius 1 is 1.28 bits per heavy atom. The van der Waals surface area contributed by atoms with Crippen LogP contribution in [0.1, 0.15) is 23.1 Å². The molecule has 2 aromatic rings. The molecular formula is C15H16N2O. The largest absolute Gasteiger partial charge is 0.495 e. The van der Waals surface area contributed by atoms with E-state index in [1.54, 1.807) is 13.3 Å². The van der Waals surface area contributed by atoms with Crippen molar-refractivity contribution in [2.24, 2.45) is 5.73 Å². The van der Waals surface area contributed by atoms with E-state index >= 15 is 0 Å². The number of pyridine rings is 1. The second kappa shape index (κ2) is 4.10. The number of aromatic nitrogens is 1. The molecule has 0 aliphatic heterocycles. The predicted molar refractivity (Wildman–Crippen MR) is 70.5 cm³/mol. The summed E-state index contributed by atoms with van der Waals surface area (Å²) in [5.41, 5.74) is 9.75. The van der Waals surface area contributed by atoms with E-state index in [4.69, 9.17) is 10.5 Å². The lowest BCUT2D eigenvalue weighted by Gasteiger charge is -2.26. The van der Waals surface area contributed by atoms with Crippen LogP contribution < -0.4 is 10.5 Å². The molecule has 1 aromatic heterocycles. The molecule has 3 heteroatoms. The third-order valence-corrected chi connectivity index (χ3v) is 3.75. The van der Waals surface area contributed by atoms with Gasteiger partial charge in [0, 0.05) is 6.20 Å². The van der Waals surface area contributed by atoms with Gasteiger partial charge in [0.1, 0.15) is 5.75 Å². The van der Waals surface area contributed by atoms with Crippen LogP contribution in [0.5, 0.6) is 5.75 Å². The standard InChI is InChI=1S/C15H16N2O/c1-18-13-8-12(9-17-10-13)15(16)7-6-11-4-2-3-5-14(11)15/h2-5,8-10H,6-7,16H2,1H3. The third-order valence-electron chi connectivity index (χ3n) is 3.75. The van der Waals surface area contributed by atoms with E-state index in [0.717, 1.165) is 24.2 Å². The van der Waals surface area contributed by atoms with Crippen LogP contribution >= 0.6 is 0 Å². The van der Waals surface area contributed by atoms with Gasteiger partial charge in [-0.3, -0.25) is 4.98 Å². The van der Waals surface area contributed by atoms with Crippen molar-refractivity contribution in [3.8, 4) is 5.75 Å².